The molecule has 0 atom stereocenters. The molecule has 3 rings (SSSR count). The predicted molar refractivity (Wildman–Crippen MR) is 106 cm³/mol. The summed E-state index contributed by atoms with van der Waals surface area (Å²) in [5.74, 6) is 0.0800. The molecule has 138 valence electrons. The number of nitrogens with two attached hydrogens (primary N) is 1. The average Bonchev–Trinajstić information content (AvgIpc) is 3.00. The normalized spacial score (nSPS) is 12.7. The molecule has 26 heavy (non-hydrogen) atoms. The third kappa shape index (κ3) is 4.53. The molecule has 0 aliphatic heterocycles. The summed E-state index contributed by atoms with van der Waals surface area (Å²) in [6, 6.07) is 16.9. The zero-order chi connectivity index (χ0) is 18.2. The van der Waals surface area contributed by atoms with Crippen LogP contribution < -0.4 is 5.73 Å². The summed E-state index contributed by atoms with van der Waals surface area (Å²) in [7, 11) is 0. The number of benzene rings is 2. The fourth-order valence-electron chi connectivity index (χ4n) is 3.81. The van der Waals surface area contributed by atoms with Crippen LogP contribution in [-0.2, 0) is 9.53 Å². The summed E-state index contributed by atoms with van der Waals surface area (Å²) in [5.41, 5.74) is 10.6. The topological polar surface area (TPSA) is 52.3 Å². The van der Waals surface area contributed by atoms with E-state index in [1.807, 2.05) is 0 Å². The maximum Gasteiger partial charge on any atom is 0.305 e. The molecule has 1 aliphatic carbocycles. The van der Waals surface area contributed by atoms with Gasteiger partial charge < -0.3 is 10.5 Å². The third-order valence-electron chi connectivity index (χ3n) is 5.21. The average molecular weight is 351 g/mol. The largest absolute Gasteiger partial charge is 0.465 e. The Labute approximate surface area is 156 Å². The van der Waals surface area contributed by atoms with E-state index in [0.717, 1.165) is 25.8 Å². The van der Waals surface area contributed by atoms with Gasteiger partial charge in [-0.2, -0.15) is 0 Å². The molecule has 3 nitrogen and oxygen atoms in total. The number of hydrogen-bond acceptors (Lipinski definition) is 3. The molecule has 2 aromatic rings. The van der Waals surface area contributed by atoms with Crippen molar-refractivity contribution in [2.45, 2.75) is 50.9 Å². The number of rotatable bonds is 10. The first-order valence-electron chi connectivity index (χ1n) is 9.85. The number of ether oxygens (including phenoxy) is 1. The lowest BCUT2D eigenvalue weighted by Gasteiger charge is -2.14. The van der Waals surface area contributed by atoms with Crippen molar-refractivity contribution >= 4 is 5.97 Å². The van der Waals surface area contributed by atoms with Gasteiger partial charge in [-0.05, 0) is 41.6 Å². The second-order valence-electron chi connectivity index (χ2n) is 7.07. The van der Waals surface area contributed by atoms with Crippen molar-refractivity contribution in [1.29, 1.82) is 0 Å². The Hall–Kier alpha value is -2.13. The molecule has 0 aromatic heterocycles. The lowest BCUT2D eigenvalue weighted by molar-refractivity contribution is -0.144. The van der Waals surface area contributed by atoms with Gasteiger partial charge in [-0.15, -0.1) is 0 Å². The van der Waals surface area contributed by atoms with Gasteiger partial charge in [0, 0.05) is 12.3 Å². The molecule has 0 heterocycles. The first kappa shape index (κ1) is 18.7. The molecular formula is C23H29NO2. The third-order valence-corrected chi connectivity index (χ3v) is 5.21. The van der Waals surface area contributed by atoms with E-state index in [0.29, 0.717) is 13.0 Å². The molecule has 0 spiro atoms. The molecule has 2 aromatic carbocycles. The predicted octanol–water partition coefficient (Wildman–Crippen LogP) is 5.03. The fourth-order valence-corrected chi connectivity index (χ4v) is 3.81. The minimum atomic E-state index is -0.0752. The molecule has 0 unspecified atom stereocenters. The highest BCUT2D eigenvalue weighted by molar-refractivity contribution is 5.79. The lowest BCUT2D eigenvalue weighted by atomic mass is 9.98. The molecule has 0 bridgehead atoms. The molecule has 3 heteroatoms. The van der Waals surface area contributed by atoms with Crippen LogP contribution in [0.5, 0.6) is 0 Å². The van der Waals surface area contributed by atoms with Crippen molar-refractivity contribution in [1.82, 2.24) is 0 Å². The molecule has 0 saturated carbocycles. The van der Waals surface area contributed by atoms with Gasteiger partial charge in [-0.1, -0.05) is 74.2 Å². The minimum absolute atomic E-state index is 0.0752. The Kier molecular flexibility index (Phi) is 6.84. The number of carbonyl (C=O) groups excluding carboxylic acids is 1. The van der Waals surface area contributed by atoms with Crippen LogP contribution in [0.25, 0.3) is 11.1 Å². The van der Waals surface area contributed by atoms with Crippen molar-refractivity contribution < 1.29 is 9.53 Å². The van der Waals surface area contributed by atoms with E-state index < -0.39 is 0 Å². The molecule has 0 saturated heterocycles. The van der Waals surface area contributed by atoms with Gasteiger partial charge in [-0.3, -0.25) is 4.79 Å². The summed E-state index contributed by atoms with van der Waals surface area (Å²) in [6.45, 7) is 1.21. The maximum absolute atomic E-state index is 12.1. The van der Waals surface area contributed by atoms with Gasteiger partial charge in [0.15, 0.2) is 0 Å². The van der Waals surface area contributed by atoms with Crippen molar-refractivity contribution in [3.8, 4) is 11.1 Å². The molecule has 1 aliphatic rings. The Morgan fingerprint density at radius 3 is 1.96 bits per heavy atom. The maximum atomic E-state index is 12.1. The molecule has 0 radical (unpaired) electrons. The summed E-state index contributed by atoms with van der Waals surface area (Å²) in [4.78, 5) is 12.1. The number of esters is 1. The van der Waals surface area contributed by atoms with E-state index in [-0.39, 0.29) is 11.9 Å². The Morgan fingerprint density at radius 2 is 1.35 bits per heavy atom. The number of unbranched alkanes of at least 4 members (excludes halogenated alkanes) is 5. The van der Waals surface area contributed by atoms with Crippen LogP contribution in [0.1, 0.15) is 62.0 Å². The highest BCUT2D eigenvalue weighted by Crippen LogP contribution is 2.44. The quantitative estimate of drug-likeness (QED) is 0.482. The number of hydrogen-bond donors (Lipinski definition) is 1. The van der Waals surface area contributed by atoms with Crippen LogP contribution in [0.4, 0.5) is 0 Å². The van der Waals surface area contributed by atoms with Crippen molar-refractivity contribution in [2.75, 3.05) is 13.2 Å². The number of carbonyl (C=O) groups is 1. The van der Waals surface area contributed by atoms with Crippen molar-refractivity contribution in [3.63, 3.8) is 0 Å². The summed E-state index contributed by atoms with van der Waals surface area (Å²) in [5, 5.41) is 0. The van der Waals surface area contributed by atoms with Crippen molar-refractivity contribution in [3.05, 3.63) is 59.7 Å². The van der Waals surface area contributed by atoms with Gasteiger partial charge in [-0.25, -0.2) is 0 Å². The van der Waals surface area contributed by atoms with E-state index in [9.17, 15) is 4.79 Å². The van der Waals surface area contributed by atoms with Crippen LogP contribution in [0.15, 0.2) is 48.5 Å². The van der Waals surface area contributed by atoms with Gasteiger partial charge in [0.1, 0.15) is 6.61 Å². The van der Waals surface area contributed by atoms with Crippen LogP contribution >= 0.6 is 0 Å². The molecular weight excluding hydrogens is 322 g/mol. The molecule has 0 fully saturated rings. The van der Waals surface area contributed by atoms with E-state index >= 15 is 0 Å². The van der Waals surface area contributed by atoms with Crippen LogP contribution in [0.2, 0.25) is 0 Å². The zero-order valence-electron chi connectivity index (χ0n) is 15.5. The van der Waals surface area contributed by atoms with Crippen LogP contribution in [-0.4, -0.2) is 19.1 Å². The Morgan fingerprint density at radius 1 is 0.808 bits per heavy atom. The lowest BCUT2D eigenvalue weighted by Crippen LogP contribution is -2.12. The Bertz CT molecular complexity index is 680. The standard InChI is InChI=1S/C23H29NO2/c24-16-10-4-2-1-3-5-15-23(25)26-17-22-20-13-8-6-11-18(20)19-12-7-9-14-21(19)22/h6-9,11-14,22H,1-5,10,15-17,24H2. The van der Waals surface area contributed by atoms with Crippen molar-refractivity contribution in [2.24, 2.45) is 5.73 Å². The SMILES string of the molecule is NCCCCCCCCC(=O)OCC1c2ccccc2-c2ccccc21. The van der Waals surface area contributed by atoms with E-state index in [1.165, 1.54) is 41.5 Å². The Balaban J connectivity index is 1.47. The smallest absolute Gasteiger partial charge is 0.305 e. The second-order valence-corrected chi connectivity index (χ2v) is 7.07. The molecule has 0 amide bonds. The summed E-state index contributed by atoms with van der Waals surface area (Å²) in [6.07, 6.45) is 7.22. The first-order valence-corrected chi connectivity index (χ1v) is 9.85. The number of fused-ring (bicyclic) bond motifs is 3. The fraction of sp³-hybridized carbons (Fsp3) is 0.435. The van der Waals surface area contributed by atoms with Crippen LogP contribution in [0, 0.1) is 0 Å². The summed E-state index contributed by atoms with van der Waals surface area (Å²) >= 11 is 0. The first-order chi connectivity index (χ1) is 12.8. The van der Waals surface area contributed by atoms with E-state index in [2.05, 4.69) is 48.5 Å². The van der Waals surface area contributed by atoms with Gasteiger partial charge >= 0.3 is 5.97 Å². The summed E-state index contributed by atoms with van der Waals surface area (Å²) < 4.78 is 5.63. The monoisotopic (exact) mass is 351 g/mol. The molecule has 2 N–H and O–H groups in total. The highest BCUT2D eigenvalue weighted by Gasteiger charge is 2.28. The highest BCUT2D eigenvalue weighted by atomic mass is 16.5. The zero-order valence-corrected chi connectivity index (χ0v) is 15.5. The van der Waals surface area contributed by atoms with E-state index in [1.54, 1.807) is 0 Å². The second kappa shape index (κ2) is 9.54. The van der Waals surface area contributed by atoms with Gasteiger partial charge in [0.25, 0.3) is 0 Å². The van der Waals surface area contributed by atoms with Gasteiger partial charge in [0.2, 0.25) is 0 Å². The minimum Gasteiger partial charge on any atom is -0.465 e. The van der Waals surface area contributed by atoms with Crippen LogP contribution in [0.3, 0.4) is 0 Å². The van der Waals surface area contributed by atoms with Gasteiger partial charge in [0.05, 0.1) is 0 Å². The van der Waals surface area contributed by atoms with E-state index in [4.69, 9.17) is 10.5 Å².